The lowest BCUT2D eigenvalue weighted by molar-refractivity contribution is -0.123. The smallest absolute Gasteiger partial charge is 0.297 e. The molecule has 752 valence electrons. The summed E-state index contributed by atoms with van der Waals surface area (Å²) in [5.41, 5.74) is 23.2. The zero-order chi connectivity index (χ0) is 105. The predicted molar refractivity (Wildman–Crippen MR) is 612 cm³/mol. The summed E-state index contributed by atoms with van der Waals surface area (Å²) in [5.74, 6) is 1.65. The van der Waals surface area contributed by atoms with Crippen LogP contribution in [-0.4, -0.2) is 153 Å². The van der Waals surface area contributed by atoms with Crippen molar-refractivity contribution < 1.29 is 57.2 Å². The third-order valence-electron chi connectivity index (χ3n) is 27.3. The standard InChI is InChI=1S/C25H28N2O.C24H20N2O2S.C24H19NO.C19H16N2O2S.C16H20N2O2S.C14H15NO4S/c1-24(2)18-11-7-9-13-20(18)26(5)22(24)15-17(28)16-23-25(3,4)19-12-8-10-14-21(19)27(23)6;1-2-25-23(27)22(28-24(25)29)17-18-13-15-21(16-14-18)26(19-9-5-3-6-10-19)20-11-7-4-8-12-20;1-2-25-22-10-6-5-9-20(22)21-14-16(11-12-23(21)25)13-18-15-17-7-3-4-8-19(17)24(18)26;1-3-21-15-7-5-4-6-13(15)14-10-12(8-9-16(14)21)11-17-18(22)20(2)19(24)23-17;1-4-17(5-2)13-9-7-12(8-10-13)11-14-15(19)18(6-3)16(21)20-14;1-4-15-13(16)12(19-14(15)20)7-9-5-6-10(17-2)8-11(9)18-3/h7-16H,1-6H3;3-17H,2H2,1H3;3-14H,2,15H2,1H3;4-11H,3H2,1-2H3;7-11H,4-6H2,1-3H3;5-8H,4H2,1-3H3/b22-15+,23-16+;22-17+;18-13-;17-11+;14-11+;12-7+. The second-order valence-electron chi connectivity index (χ2n) is 36.8. The number of thiocarbonyl (C=S) groups is 4. The first-order valence-corrected chi connectivity index (χ1v) is 51.1. The molecule has 4 fully saturated rings. The van der Waals surface area contributed by atoms with E-state index in [0.29, 0.717) is 31.1 Å². The van der Waals surface area contributed by atoms with Gasteiger partial charge in [0.15, 0.2) is 34.6 Å². The van der Waals surface area contributed by atoms with E-state index in [1.54, 1.807) is 75.9 Å². The fraction of sp³-hybridized carbons (Fsp3) is 0.213. The van der Waals surface area contributed by atoms with Crippen molar-refractivity contribution in [3.8, 4) is 11.5 Å². The molecule has 8 heterocycles. The highest BCUT2D eigenvalue weighted by atomic mass is 32.1. The van der Waals surface area contributed by atoms with Gasteiger partial charge in [0.05, 0.1) is 14.2 Å². The number of carbonyl (C=O) groups excluding carboxylic acids is 6. The number of hydrogen-bond acceptors (Lipinski definition) is 20. The van der Waals surface area contributed by atoms with E-state index in [1.807, 2.05) is 156 Å². The van der Waals surface area contributed by atoms with Gasteiger partial charge in [0.2, 0.25) is 0 Å². The van der Waals surface area contributed by atoms with Crippen LogP contribution in [0.1, 0.15) is 131 Å². The molecule has 7 aliphatic rings. The lowest BCUT2D eigenvalue weighted by Crippen LogP contribution is -2.27. The number of anilines is 6. The minimum absolute atomic E-state index is 0.0328. The number of methoxy groups -OCH3 is 2. The Morgan fingerprint density at radius 3 is 1.18 bits per heavy atom. The quantitative estimate of drug-likeness (QED) is 0.0516. The number of benzene rings is 12. The summed E-state index contributed by atoms with van der Waals surface area (Å²) in [6, 6.07) is 96.0. The fourth-order valence-electron chi connectivity index (χ4n) is 19.6. The van der Waals surface area contributed by atoms with Crippen molar-refractivity contribution in [1.29, 1.82) is 0 Å². The van der Waals surface area contributed by atoms with Gasteiger partial charge in [0.25, 0.3) is 44.3 Å². The number of fused-ring (bicyclic) bond motifs is 9. The van der Waals surface area contributed by atoms with Crippen molar-refractivity contribution in [1.82, 2.24) is 28.7 Å². The molecule has 0 atom stereocenters. The van der Waals surface area contributed by atoms with Crippen molar-refractivity contribution in [3.05, 3.63) is 387 Å². The van der Waals surface area contributed by atoms with Gasteiger partial charge < -0.3 is 57.2 Å². The van der Waals surface area contributed by atoms with E-state index in [4.69, 9.17) is 77.3 Å². The van der Waals surface area contributed by atoms with Gasteiger partial charge in [-0.25, -0.2) is 0 Å². The number of likely N-dealkylation sites (N-methyl/N-ethyl adjacent to an activating group) is 6. The van der Waals surface area contributed by atoms with Crippen molar-refractivity contribution in [2.24, 2.45) is 0 Å². The van der Waals surface area contributed by atoms with E-state index >= 15 is 0 Å². The molecule has 0 radical (unpaired) electrons. The summed E-state index contributed by atoms with van der Waals surface area (Å²) in [6.45, 7) is 28.2. The summed E-state index contributed by atoms with van der Waals surface area (Å²) in [6.07, 6.45) is 13.2. The molecule has 26 heteroatoms. The molecule has 21 rings (SSSR count). The van der Waals surface area contributed by atoms with Gasteiger partial charge in [-0.2, -0.15) is 0 Å². The average molecular weight is 2040 g/mol. The number of aryl methyl sites for hydroxylation is 2. The summed E-state index contributed by atoms with van der Waals surface area (Å²) in [4.78, 5) is 88.7. The monoisotopic (exact) mass is 2040 g/mol. The lowest BCUT2D eigenvalue weighted by atomic mass is 9.82. The van der Waals surface area contributed by atoms with Gasteiger partial charge in [-0.3, -0.25) is 48.4 Å². The number of carbonyl (C=O) groups is 6. The zero-order valence-electron chi connectivity index (χ0n) is 85.8. The molecule has 4 amide bonds. The molecular weight excluding hydrogens is 1930 g/mol. The fourth-order valence-corrected chi connectivity index (χ4v) is 20.7. The Balaban J connectivity index is 0.000000127. The van der Waals surface area contributed by atoms with Crippen LogP contribution in [0.5, 0.6) is 11.5 Å². The topological polar surface area (TPSA) is 194 Å². The Hall–Kier alpha value is -16.0. The SMILES string of the molecule is CCN1C(=O)/C(=C\c2ccc(N(CC)CC)cc2)OC1=S.CCN1C(=O)/C(=C\c2ccc(N(c3ccccc3)c3ccccc3)cc2)OC1=S.CCN1C(=O)/C(=C\c2ccc(OC)cc2OC)OC1=S.CCn1c2ccccc2c2cc(/C=C3/Cc4ccccc4C3=O)ccc21.CCn1c2ccccc2c2cc(/C=C3/OC(=S)N(C)C3=O)ccc21.CN1/C(=C/C(=O)/C=C2/N(C)c3ccccc3C2(C)C)C(C)(C)c2ccccc21. The highest BCUT2D eigenvalue weighted by molar-refractivity contribution is 7.80. The minimum Gasteiger partial charge on any atom is -0.497 e. The van der Waals surface area contributed by atoms with Crippen molar-refractivity contribution in [2.75, 3.05) is 87.7 Å². The molecule has 148 heavy (non-hydrogen) atoms. The Bertz CT molecular complexity index is 7660. The van der Waals surface area contributed by atoms with E-state index in [-0.39, 0.29) is 89.8 Å². The van der Waals surface area contributed by atoms with E-state index in [0.717, 1.165) is 106 Å². The van der Waals surface area contributed by atoms with E-state index in [9.17, 15) is 28.8 Å². The van der Waals surface area contributed by atoms with Crippen LogP contribution in [0.15, 0.2) is 337 Å². The molecule has 0 N–H and O–H groups in total. The first kappa shape index (κ1) is 105. The molecule has 2 aromatic heterocycles. The van der Waals surface area contributed by atoms with Crippen LogP contribution >= 0.6 is 48.9 Å². The lowest BCUT2D eigenvalue weighted by Gasteiger charge is -2.25. The molecule has 0 saturated carbocycles. The van der Waals surface area contributed by atoms with Crippen LogP contribution in [0.4, 0.5) is 34.1 Å². The highest BCUT2D eigenvalue weighted by Gasteiger charge is 2.42. The number of hydrogen-bond donors (Lipinski definition) is 0. The Morgan fingerprint density at radius 1 is 0.372 bits per heavy atom. The van der Waals surface area contributed by atoms with Crippen molar-refractivity contribution in [3.63, 3.8) is 0 Å². The van der Waals surface area contributed by atoms with Gasteiger partial charge in [0.1, 0.15) is 11.5 Å². The number of ether oxygens (including phenoxy) is 6. The molecule has 6 aliphatic heterocycles. The molecule has 12 aromatic carbocycles. The van der Waals surface area contributed by atoms with E-state index in [1.165, 1.54) is 91.4 Å². The molecule has 0 bridgehead atoms. The molecule has 0 spiro atoms. The highest BCUT2D eigenvalue weighted by Crippen LogP contribution is 2.50. The van der Waals surface area contributed by atoms with E-state index < -0.39 is 0 Å². The number of Topliss-reactive ketones (excluding diaryl/α,β-unsaturated/α-hetero) is 1. The Labute approximate surface area is 885 Å². The first-order valence-electron chi connectivity index (χ1n) is 49.4. The normalized spacial score (nSPS) is 17.0. The number of allylic oxidation sites excluding steroid dienone is 5. The third-order valence-corrected chi connectivity index (χ3v) is 28.6. The molecule has 22 nitrogen and oxygen atoms in total. The average Bonchev–Trinajstić information content (AvgIpc) is 1.60. The molecule has 0 unspecified atom stereocenters. The Morgan fingerprint density at radius 2 is 0.757 bits per heavy atom. The maximum atomic E-state index is 13.1. The van der Waals surface area contributed by atoms with Gasteiger partial charge in [0, 0.05) is 208 Å². The number of amides is 4. The Kier molecular flexibility index (Phi) is 32.4. The van der Waals surface area contributed by atoms with Crippen LogP contribution in [-0.2, 0) is 73.3 Å². The number of para-hydroxylation sites is 6. The predicted octanol–water partition coefficient (Wildman–Crippen LogP) is 25.7. The van der Waals surface area contributed by atoms with Gasteiger partial charge >= 0.3 is 0 Å². The number of nitrogens with zero attached hydrogens (tertiary/aromatic N) is 10. The third kappa shape index (κ3) is 21.7. The van der Waals surface area contributed by atoms with Gasteiger partial charge in [-0.15, -0.1) is 0 Å². The number of rotatable bonds is 20. The minimum atomic E-state index is -0.240. The largest absolute Gasteiger partial charge is 0.497 e. The zero-order valence-corrected chi connectivity index (χ0v) is 89.1. The molecule has 14 aromatic rings. The maximum absolute atomic E-state index is 13.1. The van der Waals surface area contributed by atoms with Crippen LogP contribution in [0.25, 0.3) is 74.0 Å². The summed E-state index contributed by atoms with van der Waals surface area (Å²) in [7, 11) is 8.83. The second-order valence-corrected chi connectivity index (χ2v) is 38.2. The first-order chi connectivity index (χ1) is 71.4. The number of ketones is 2. The van der Waals surface area contributed by atoms with Crippen LogP contribution in [0.2, 0.25) is 0 Å². The molecule has 1 aliphatic carbocycles. The molecule has 4 saturated heterocycles. The maximum Gasteiger partial charge on any atom is 0.297 e. The van der Waals surface area contributed by atoms with Crippen molar-refractivity contribution >= 4 is 213 Å². The van der Waals surface area contributed by atoms with Gasteiger partial charge in [-0.1, -0.05) is 198 Å². The number of aromatic nitrogens is 2. The summed E-state index contributed by atoms with van der Waals surface area (Å²) < 4.78 is 36.6. The van der Waals surface area contributed by atoms with Crippen LogP contribution in [0, 0.1) is 0 Å². The van der Waals surface area contributed by atoms with Crippen LogP contribution in [0.3, 0.4) is 0 Å². The van der Waals surface area contributed by atoms with E-state index in [2.05, 4.69) is 236 Å². The second kappa shape index (κ2) is 45.7. The summed E-state index contributed by atoms with van der Waals surface area (Å²) in [5, 5.41) is 5.70. The van der Waals surface area contributed by atoms with Crippen LogP contribution < -0.4 is 29.1 Å². The molecular formula is C122H118N10O12S4. The van der Waals surface area contributed by atoms with Crippen molar-refractivity contribution in [2.45, 2.75) is 107 Å². The summed E-state index contributed by atoms with van der Waals surface area (Å²) >= 11 is 20.2. The van der Waals surface area contributed by atoms with Gasteiger partial charge in [-0.05, 0) is 276 Å².